The molecule has 4 rings (SSSR count). The smallest absolute Gasteiger partial charge is 0.119 e. The van der Waals surface area contributed by atoms with Crippen molar-refractivity contribution >= 4 is 0 Å². The fraction of sp³-hybridized carbons (Fsp3) is 0.520. The lowest BCUT2D eigenvalue weighted by molar-refractivity contribution is -0.114. The lowest BCUT2D eigenvalue weighted by Gasteiger charge is -2.34. The molecule has 0 saturated carbocycles. The monoisotopic (exact) mass is 396 g/mol. The Morgan fingerprint density at radius 3 is 2.59 bits per heavy atom. The second kappa shape index (κ2) is 8.86. The highest BCUT2D eigenvalue weighted by molar-refractivity contribution is 5.50. The summed E-state index contributed by atoms with van der Waals surface area (Å²) < 4.78 is 11.7. The maximum Gasteiger partial charge on any atom is 0.119 e. The molecule has 1 heterocycles. The van der Waals surface area contributed by atoms with E-state index >= 15 is 0 Å². The zero-order chi connectivity index (χ0) is 20.4. The summed E-state index contributed by atoms with van der Waals surface area (Å²) in [5.41, 5.74) is 8.09. The molecule has 0 aromatic heterocycles. The third kappa shape index (κ3) is 4.35. The third-order valence-corrected chi connectivity index (χ3v) is 6.38. The molecule has 2 aliphatic rings. The Morgan fingerprint density at radius 2 is 1.86 bits per heavy atom. The van der Waals surface area contributed by atoms with Crippen molar-refractivity contribution < 1.29 is 19.7 Å². The first kappa shape index (κ1) is 20.4. The second-order valence-electron chi connectivity index (χ2n) is 8.37. The number of fused-ring (bicyclic) bond motifs is 1. The van der Waals surface area contributed by atoms with Crippen LogP contribution in [-0.2, 0) is 24.0 Å². The first-order valence-corrected chi connectivity index (χ1v) is 10.9. The molecule has 1 fully saturated rings. The molecular formula is C25H32O4. The van der Waals surface area contributed by atoms with Crippen molar-refractivity contribution in [2.75, 3.05) is 13.2 Å². The molecule has 4 heteroatoms. The highest BCUT2D eigenvalue weighted by Gasteiger charge is 2.31. The molecule has 3 atom stereocenters. The Bertz CT molecular complexity index is 843. The van der Waals surface area contributed by atoms with Crippen LogP contribution in [0.1, 0.15) is 65.7 Å². The van der Waals surface area contributed by atoms with Crippen molar-refractivity contribution in [1.29, 1.82) is 0 Å². The predicted molar refractivity (Wildman–Crippen MR) is 114 cm³/mol. The fourth-order valence-electron chi connectivity index (χ4n) is 4.96. The van der Waals surface area contributed by atoms with Gasteiger partial charge >= 0.3 is 0 Å². The minimum Gasteiger partial charge on any atom is -0.494 e. The van der Waals surface area contributed by atoms with Gasteiger partial charge < -0.3 is 19.7 Å². The number of aliphatic hydroxyl groups excluding tert-OH is 2. The molecule has 156 valence electrons. The van der Waals surface area contributed by atoms with E-state index in [4.69, 9.17) is 9.47 Å². The Morgan fingerprint density at radius 1 is 1.10 bits per heavy atom. The SMILES string of the molecule is CCOc1ccc(Cc2cc(C3CC(O)CC(CO)O3)c(C)c3c2CCC3)cc1. The highest BCUT2D eigenvalue weighted by atomic mass is 16.5. The van der Waals surface area contributed by atoms with Crippen molar-refractivity contribution in [2.24, 2.45) is 0 Å². The lowest BCUT2D eigenvalue weighted by Crippen LogP contribution is -2.34. The topological polar surface area (TPSA) is 58.9 Å². The van der Waals surface area contributed by atoms with Gasteiger partial charge in [-0.15, -0.1) is 0 Å². The number of aliphatic hydroxyl groups is 2. The van der Waals surface area contributed by atoms with Gasteiger partial charge in [0.1, 0.15) is 5.75 Å². The van der Waals surface area contributed by atoms with E-state index in [1.54, 1.807) is 0 Å². The van der Waals surface area contributed by atoms with E-state index in [-0.39, 0.29) is 18.8 Å². The largest absolute Gasteiger partial charge is 0.494 e. The zero-order valence-electron chi connectivity index (χ0n) is 17.5. The summed E-state index contributed by atoms with van der Waals surface area (Å²) in [4.78, 5) is 0. The van der Waals surface area contributed by atoms with Crippen LogP contribution in [0.25, 0.3) is 0 Å². The summed E-state index contributed by atoms with van der Waals surface area (Å²) in [6.45, 7) is 4.82. The van der Waals surface area contributed by atoms with Gasteiger partial charge in [0.15, 0.2) is 0 Å². The molecule has 29 heavy (non-hydrogen) atoms. The average molecular weight is 397 g/mol. The molecule has 0 spiro atoms. The Hall–Kier alpha value is -1.88. The standard InChI is InChI=1S/C25H32O4/c1-3-28-20-9-7-17(8-10-20)11-18-12-24(16(2)22-5-4-6-23(18)22)25-14-19(27)13-21(15-26)29-25/h7-10,12,19,21,25-27H,3-6,11,13-15H2,1-2H3. The molecule has 2 aromatic carbocycles. The summed E-state index contributed by atoms with van der Waals surface area (Å²) in [6, 6.07) is 10.7. The number of hydrogen-bond donors (Lipinski definition) is 2. The molecule has 0 amide bonds. The summed E-state index contributed by atoms with van der Waals surface area (Å²) in [5.74, 6) is 0.908. The van der Waals surface area contributed by atoms with Crippen molar-refractivity contribution in [1.82, 2.24) is 0 Å². The van der Waals surface area contributed by atoms with Gasteiger partial charge in [0.05, 0.1) is 31.5 Å². The maximum absolute atomic E-state index is 10.3. The van der Waals surface area contributed by atoms with Crippen LogP contribution in [0.5, 0.6) is 5.75 Å². The van der Waals surface area contributed by atoms with E-state index in [1.165, 1.54) is 39.8 Å². The summed E-state index contributed by atoms with van der Waals surface area (Å²) >= 11 is 0. The molecule has 0 radical (unpaired) electrons. The third-order valence-electron chi connectivity index (χ3n) is 6.38. The normalized spacial score (nSPS) is 23.8. The Balaban J connectivity index is 1.65. The van der Waals surface area contributed by atoms with Crippen LogP contribution in [0.2, 0.25) is 0 Å². The van der Waals surface area contributed by atoms with Gasteiger partial charge in [-0.05, 0) is 85.0 Å². The van der Waals surface area contributed by atoms with E-state index in [0.717, 1.165) is 25.0 Å². The number of ether oxygens (including phenoxy) is 2. The number of hydrogen-bond acceptors (Lipinski definition) is 4. The van der Waals surface area contributed by atoms with E-state index < -0.39 is 6.10 Å². The minimum absolute atomic E-state index is 0.0451. The quantitative estimate of drug-likeness (QED) is 0.774. The van der Waals surface area contributed by atoms with Gasteiger partial charge in [-0.2, -0.15) is 0 Å². The van der Waals surface area contributed by atoms with Gasteiger partial charge in [0, 0.05) is 12.8 Å². The predicted octanol–water partition coefficient (Wildman–Crippen LogP) is 4.05. The van der Waals surface area contributed by atoms with Crippen LogP contribution < -0.4 is 4.74 Å². The maximum atomic E-state index is 10.3. The van der Waals surface area contributed by atoms with Crippen molar-refractivity contribution in [3.05, 3.63) is 63.7 Å². The number of rotatable bonds is 6. The van der Waals surface area contributed by atoms with Crippen molar-refractivity contribution in [2.45, 2.75) is 70.7 Å². The number of benzene rings is 2. The molecule has 0 bridgehead atoms. The Kier molecular flexibility index (Phi) is 6.23. The van der Waals surface area contributed by atoms with E-state index in [9.17, 15) is 10.2 Å². The van der Waals surface area contributed by atoms with Gasteiger partial charge in [-0.1, -0.05) is 18.2 Å². The van der Waals surface area contributed by atoms with Crippen LogP contribution >= 0.6 is 0 Å². The average Bonchev–Trinajstić information content (AvgIpc) is 3.22. The summed E-state index contributed by atoms with van der Waals surface area (Å²) in [6.07, 6.45) is 4.58. The van der Waals surface area contributed by atoms with Crippen LogP contribution in [0.3, 0.4) is 0 Å². The first-order chi connectivity index (χ1) is 14.1. The van der Waals surface area contributed by atoms with Crippen LogP contribution in [-0.4, -0.2) is 35.6 Å². The molecule has 4 nitrogen and oxygen atoms in total. The van der Waals surface area contributed by atoms with Gasteiger partial charge in [0.2, 0.25) is 0 Å². The molecule has 2 aromatic rings. The Labute approximate surface area is 173 Å². The van der Waals surface area contributed by atoms with Crippen LogP contribution in [0.15, 0.2) is 30.3 Å². The van der Waals surface area contributed by atoms with E-state index in [2.05, 4.69) is 25.1 Å². The minimum atomic E-state index is -0.423. The molecule has 1 aliphatic carbocycles. The van der Waals surface area contributed by atoms with E-state index in [0.29, 0.717) is 19.4 Å². The molecule has 1 aliphatic heterocycles. The molecular weight excluding hydrogens is 364 g/mol. The van der Waals surface area contributed by atoms with Crippen LogP contribution in [0, 0.1) is 6.92 Å². The molecule has 3 unspecified atom stereocenters. The molecule has 1 saturated heterocycles. The van der Waals surface area contributed by atoms with E-state index in [1.807, 2.05) is 19.1 Å². The molecule has 2 N–H and O–H groups in total. The highest BCUT2D eigenvalue weighted by Crippen LogP contribution is 2.39. The van der Waals surface area contributed by atoms with Gasteiger partial charge in [0.25, 0.3) is 0 Å². The summed E-state index contributed by atoms with van der Waals surface area (Å²) in [5, 5.41) is 19.9. The first-order valence-electron chi connectivity index (χ1n) is 10.9. The van der Waals surface area contributed by atoms with Gasteiger partial charge in [-0.25, -0.2) is 0 Å². The zero-order valence-corrected chi connectivity index (χ0v) is 17.5. The fourth-order valence-corrected chi connectivity index (χ4v) is 4.96. The van der Waals surface area contributed by atoms with Crippen molar-refractivity contribution in [3.63, 3.8) is 0 Å². The van der Waals surface area contributed by atoms with Crippen LogP contribution in [0.4, 0.5) is 0 Å². The van der Waals surface area contributed by atoms with Crippen molar-refractivity contribution in [3.8, 4) is 5.75 Å². The lowest BCUT2D eigenvalue weighted by atomic mass is 9.86. The summed E-state index contributed by atoms with van der Waals surface area (Å²) in [7, 11) is 0. The second-order valence-corrected chi connectivity index (χ2v) is 8.37. The van der Waals surface area contributed by atoms with Gasteiger partial charge in [-0.3, -0.25) is 0 Å².